The minimum Gasteiger partial charge on any atom is -0.371 e. The van der Waals surface area contributed by atoms with Gasteiger partial charge in [0.2, 0.25) is 0 Å². The molecule has 0 aliphatic carbocycles. The van der Waals surface area contributed by atoms with Crippen molar-refractivity contribution in [2.45, 2.75) is 47.5 Å². The van der Waals surface area contributed by atoms with E-state index in [0.717, 1.165) is 24.9 Å². The normalized spacial score (nSPS) is 11.2. The molecule has 0 atom stereocenters. The number of nitrogens with zero attached hydrogens (tertiary/aromatic N) is 1. The zero-order valence-corrected chi connectivity index (χ0v) is 13.6. The summed E-state index contributed by atoms with van der Waals surface area (Å²) < 4.78 is 0. The van der Waals surface area contributed by atoms with E-state index in [9.17, 15) is 4.79 Å². The average molecular weight is 275 g/mol. The van der Waals surface area contributed by atoms with E-state index in [0.29, 0.717) is 11.8 Å². The van der Waals surface area contributed by atoms with Gasteiger partial charge in [0.05, 0.1) is 0 Å². The van der Waals surface area contributed by atoms with Crippen LogP contribution >= 0.6 is 0 Å². The number of carbonyl (C=O) groups excluding carboxylic acids is 1. The lowest BCUT2D eigenvalue weighted by atomic mass is 10.1. The van der Waals surface area contributed by atoms with E-state index in [1.165, 1.54) is 24.1 Å². The number of aldehydes is 1. The van der Waals surface area contributed by atoms with Crippen LogP contribution in [0, 0.1) is 18.8 Å². The monoisotopic (exact) mass is 275 g/mol. The second-order valence-electron chi connectivity index (χ2n) is 6.52. The molecule has 0 aliphatic heterocycles. The maximum atomic E-state index is 10.9. The molecule has 0 amide bonds. The highest BCUT2D eigenvalue weighted by atomic mass is 16.1. The van der Waals surface area contributed by atoms with Crippen molar-refractivity contribution in [3.8, 4) is 0 Å². The molecule has 0 aromatic heterocycles. The first kappa shape index (κ1) is 16.7. The van der Waals surface area contributed by atoms with Gasteiger partial charge >= 0.3 is 0 Å². The van der Waals surface area contributed by atoms with Gasteiger partial charge in [-0.25, -0.2) is 0 Å². The second kappa shape index (κ2) is 8.08. The Morgan fingerprint density at radius 2 is 1.60 bits per heavy atom. The highest BCUT2D eigenvalue weighted by molar-refractivity contribution is 5.76. The smallest absolute Gasteiger partial charge is 0.150 e. The molecule has 20 heavy (non-hydrogen) atoms. The minimum atomic E-state index is 0.714. The van der Waals surface area contributed by atoms with Gasteiger partial charge < -0.3 is 4.90 Å². The first-order valence-corrected chi connectivity index (χ1v) is 7.74. The van der Waals surface area contributed by atoms with E-state index in [1.807, 2.05) is 12.1 Å². The molecule has 0 unspecified atom stereocenters. The number of aryl methyl sites for hydroxylation is 1. The number of hydrogen-bond donors (Lipinski definition) is 0. The summed E-state index contributed by atoms with van der Waals surface area (Å²) in [5.74, 6) is 1.43. The van der Waals surface area contributed by atoms with Crippen molar-refractivity contribution in [1.29, 1.82) is 0 Å². The predicted molar refractivity (Wildman–Crippen MR) is 87.7 cm³/mol. The Hall–Kier alpha value is -1.31. The van der Waals surface area contributed by atoms with Crippen LogP contribution in [0.25, 0.3) is 0 Å². The number of anilines is 1. The van der Waals surface area contributed by atoms with E-state index < -0.39 is 0 Å². The van der Waals surface area contributed by atoms with Gasteiger partial charge in [-0.3, -0.25) is 4.79 Å². The van der Waals surface area contributed by atoms with Crippen molar-refractivity contribution in [3.63, 3.8) is 0 Å². The molecule has 0 heterocycles. The highest BCUT2D eigenvalue weighted by Gasteiger charge is 2.11. The molecule has 1 rings (SSSR count). The lowest BCUT2D eigenvalue weighted by molar-refractivity contribution is 0.112. The summed E-state index contributed by atoms with van der Waals surface area (Å²) in [5.41, 5.74) is 3.23. The van der Waals surface area contributed by atoms with Crippen molar-refractivity contribution in [2.24, 2.45) is 11.8 Å². The molecule has 0 radical (unpaired) electrons. The summed E-state index contributed by atoms with van der Waals surface area (Å²) in [5, 5.41) is 0. The summed E-state index contributed by atoms with van der Waals surface area (Å²) >= 11 is 0. The summed E-state index contributed by atoms with van der Waals surface area (Å²) in [4.78, 5) is 13.3. The summed E-state index contributed by atoms with van der Waals surface area (Å²) in [7, 11) is 0. The van der Waals surface area contributed by atoms with Crippen LogP contribution in [0.3, 0.4) is 0 Å². The molecular formula is C18H29NO. The molecule has 0 saturated heterocycles. The molecular weight excluding hydrogens is 246 g/mol. The standard InChI is InChI=1S/C18H29NO/c1-14(2)8-10-19(11-9-15(3)4)18-7-6-17(13-20)12-16(18)5/h6-7,12-15H,8-11H2,1-5H3. The third kappa shape index (κ3) is 5.36. The van der Waals surface area contributed by atoms with Crippen molar-refractivity contribution in [2.75, 3.05) is 18.0 Å². The van der Waals surface area contributed by atoms with Gasteiger partial charge in [0.15, 0.2) is 0 Å². The van der Waals surface area contributed by atoms with Gasteiger partial charge in [0, 0.05) is 24.3 Å². The van der Waals surface area contributed by atoms with Crippen molar-refractivity contribution >= 4 is 12.0 Å². The van der Waals surface area contributed by atoms with E-state index >= 15 is 0 Å². The number of hydrogen-bond acceptors (Lipinski definition) is 2. The third-order valence-electron chi connectivity index (χ3n) is 3.65. The van der Waals surface area contributed by atoms with Gasteiger partial charge in [0.1, 0.15) is 6.29 Å². The molecule has 1 aromatic carbocycles. The average Bonchev–Trinajstić information content (AvgIpc) is 2.39. The Morgan fingerprint density at radius 1 is 1.05 bits per heavy atom. The molecule has 1 aromatic rings. The molecule has 0 saturated carbocycles. The summed E-state index contributed by atoms with van der Waals surface area (Å²) in [6, 6.07) is 6.01. The van der Waals surface area contributed by atoms with Crippen LogP contribution in [0.2, 0.25) is 0 Å². The van der Waals surface area contributed by atoms with Gasteiger partial charge in [-0.05, 0) is 55.4 Å². The predicted octanol–water partition coefficient (Wildman–Crippen LogP) is 4.71. The number of carbonyl (C=O) groups is 1. The zero-order valence-electron chi connectivity index (χ0n) is 13.6. The first-order valence-electron chi connectivity index (χ1n) is 7.74. The van der Waals surface area contributed by atoms with Crippen LogP contribution in [0.15, 0.2) is 18.2 Å². The quantitative estimate of drug-likeness (QED) is 0.641. The van der Waals surface area contributed by atoms with E-state index in [-0.39, 0.29) is 0 Å². The Labute approximate surface area is 124 Å². The molecule has 0 fully saturated rings. The molecule has 0 N–H and O–H groups in total. The van der Waals surface area contributed by atoms with Crippen LogP contribution in [-0.2, 0) is 0 Å². The largest absolute Gasteiger partial charge is 0.371 e. The Kier molecular flexibility index (Phi) is 6.77. The third-order valence-corrected chi connectivity index (χ3v) is 3.65. The summed E-state index contributed by atoms with van der Waals surface area (Å²) in [6.45, 7) is 13.3. The van der Waals surface area contributed by atoms with Crippen LogP contribution in [0.1, 0.15) is 56.5 Å². The van der Waals surface area contributed by atoms with E-state index in [4.69, 9.17) is 0 Å². The number of benzene rings is 1. The molecule has 0 aliphatic rings. The maximum absolute atomic E-state index is 10.9. The SMILES string of the molecule is Cc1cc(C=O)ccc1N(CCC(C)C)CCC(C)C. The fraction of sp³-hybridized carbons (Fsp3) is 0.611. The van der Waals surface area contributed by atoms with Crippen molar-refractivity contribution < 1.29 is 4.79 Å². The molecule has 2 nitrogen and oxygen atoms in total. The molecule has 0 spiro atoms. The lowest BCUT2D eigenvalue weighted by Crippen LogP contribution is -2.28. The second-order valence-corrected chi connectivity index (χ2v) is 6.52. The zero-order chi connectivity index (χ0) is 15.1. The van der Waals surface area contributed by atoms with Gasteiger partial charge in [0.25, 0.3) is 0 Å². The Balaban J connectivity index is 2.87. The Morgan fingerprint density at radius 3 is 2.00 bits per heavy atom. The van der Waals surface area contributed by atoms with Gasteiger partial charge in [-0.2, -0.15) is 0 Å². The fourth-order valence-electron chi connectivity index (χ4n) is 2.29. The maximum Gasteiger partial charge on any atom is 0.150 e. The van der Waals surface area contributed by atoms with Crippen molar-refractivity contribution in [1.82, 2.24) is 0 Å². The van der Waals surface area contributed by atoms with Crippen LogP contribution < -0.4 is 4.90 Å². The first-order chi connectivity index (χ1) is 9.43. The molecule has 112 valence electrons. The fourth-order valence-corrected chi connectivity index (χ4v) is 2.29. The lowest BCUT2D eigenvalue weighted by Gasteiger charge is -2.28. The van der Waals surface area contributed by atoms with E-state index in [1.54, 1.807) is 0 Å². The van der Waals surface area contributed by atoms with Crippen LogP contribution in [0.5, 0.6) is 0 Å². The Bertz CT molecular complexity index is 411. The van der Waals surface area contributed by atoms with Crippen LogP contribution in [-0.4, -0.2) is 19.4 Å². The minimum absolute atomic E-state index is 0.714. The topological polar surface area (TPSA) is 20.3 Å². The van der Waals surface area contributed by atoms with E-state index in [2.05, 4.69) is 45.6 Å². The van der Waals surface area contributed by atoms with Gasteiger partial charge in [-0.1, -0.05) is 27.7 Å². The van der Waals surface area contributed by atoms with Gasteiger partial charge in [-0.15, -0.1) is 0 Å². The highest BCUT2D eigenvalue weighted by Crippen LogP contribution is 2.23. The summed E-state index contributed by atoms with van der Waals surface area (Å²) in [6.07, 6.45) is 3.32. The van der Waals surface area contributed by atoms with Crippen molar-refractivity contribution in [3.05, 3.63) is 29.3 Å². The number of rotatable bonds is 8. The van der Waals surface area contributed by atoms with Crippen LogP contribution in [0.4, 0.5) is 5.69 Å². The molecule has 0 bridgehead atoms. The molecule has 2 heteroatoms.